The second-order valence-electron chi connectivity index (χ2n) is 5.29. The van der Waals surface area contributed by atoms with Gasteiger partial charge in [0.05, 0.1) is 12.0 Å². The maximum Gasteiger partial charge on any atom is 0.310 e. The van der Waals surface area contributed by atoms with Gasteiger partial charge in [-0.2, -0.15) is 4.98 Å². The van der Waals surface area contributed by atoms with E-state index in [-0.39, 0.29) is 25.3 Å². The summed E-state index contributed by atoms with van der Waals surface area (Å²) in [6.45, 7) is -0.541. The lowest BCUT2D eigenvalue weighted by molar-refractivity contribution is -0.148. The first-order valence-corrected chi connectivity index (χ1v) is 6.93. The molecule has 1 aromatic rings. The van der Waals surface area contributed by atoms with Gasteiger partial charge in [-0.3, -0.25) is 4.79 Å². The van der Waals surface area contributed by atoms with Crippen molar-refractivity contribution >= 4 is 5.97 Å². The van der Waals surface area contributed by atoms with E-state index < -0.39 is 24.4 Å². The molecule has 0 radical (unpaired) electrons. The molecule has 0 aliphatic heterocycles. The maximum absolute atomic E-state index is 11.9. The van der Waals surface area contributed by atoms with Crippen LogP contribution in [0.1, 0.15) is 37.4 Å². The molecule has 8 heteroatoms. The quantitative estimate of drug-likeness (QED) is 0.740. The van der Waals surface area contributed by atoms with Crippen molar-refractivity contribution < 1.29 is 27.9 Å². The topological polar surface area (TPSA) is 85.5 Å². The Labute approximate surface area is 120 Å². The number of carbonyl (C=O) groups is 1. The Kier molecular flexibility index (Phi) is 5.22. The van der Waals surface area contributed by atoms with Crippen molar-refractivity contribution in [3.05, 3.63) is 11.7 Å². The molecule has 0 bridgehead atoms. The number of ether oxygens (including phenoxy) is 1. The number of halogens is 2. The van der Waals surface area contributed by atoms with Crippen molar-refractivity contribution in [1.29, 1.82) is 0 Å². The highest BCUT2D eigenvalue weighted by molar-refractivity contribution is 5.75. The number of hydrogen-bond acceptors (Lipinski definition) is 5. The minimum atomic E-state index is -2.50. The van der Waals surface area contributed by atoms with E-state index >= 15 is 0 Å². The number of carboxylic acid groups (broad SMARTS) is 1. The molecule has 0 aromatic carbocycles. The van der Waals surface area contributed by atoms with Gasteiger partial charge in [0.2, 0.25) is 5.89 Å². The number of alkyl halides is 2. The molecule has 2 rings (SSSR count). The van der Waals surface area contributed by atoms with Gasteiger partial charge < -0.3 is 14.4 Å². The fraction of sp³-hybridized carbons (Fsp3) is 0.769. The van der Waals surface area contributed by atoms with Crippen molar-refractivity contribution in [2.24, 2.45) is 5.41 Å². The van der Waals surface area contributed by atoms with Crippen LogP contribution in [0.3, 0.4) is 0 Å². The fourth-order valence-corrected chi connectivity index (χ4v) is 2.61. The first-order chi connectivity index (χ1) is 10.0. The molecule has 1 fully saturated rings. The van der Waals surface area contributed by atoms with Crippen LogP contribution in [0.15, 0.2) is 4.52 Å². The van der Waals surface area contributed by atoms with E-state index in [2.05, 4.69) is 10.1 Å². The lowest BCUT2D eigenvalue weighted by Gasteiger charge is -2.21. The molecule has 1 aliphatic carbocycles. The van der Waals surface area contributed by atoms with Crippen LogP contribution >= 0.6 is 0 Å². The summed E-state index contributed by atoms with van der Waals surface area (Å²) in [5.74, 6) is -0.207. The monoisotopic (exact) mass is 304 g/mol. The third-order valence-electron chi connectivity index (χ3n) is 3.73. The summed E-state index contributed by atoms with van der Waals surface area (Å²) in [5.41, 5.74) is -0.810. The molecule has 0 atom stereocenters. The third-order valence-corrected chi connectivity index (χ3v) is 3.73. The smallest absolute Gasteiger partial charge is 0.310 e. The van der Waals surface area contributed by atoms with Crippen molar-refractivity contribution in [3.63, 3.8) is 0 Å². The molecule has 0 unspecified atom stereocenters. The average Bonchev–Trinajstić information content (AvgIpc) is 3.05. The largest absolute Gasteiger partial charge is 0.481 e. The Morgan fingerprint density at radius 3 is 2.76 bits per heavy atom. The average molecular weight is 304 g/mol. The number of nitrogens with zero attached hydrogens (tertiary/aromatic N) is 2. The Hall–Kier alpha value is -1.57. The van der Waals surface area contributed by atoms with Crippen LogP contribution in [0.5, 0.6) is 0 Å². The highest BCUT2D eigenvalue weighted by Crippen LogP contribution is 2.40. The number of hydrogen-bond donors (Lipinski definition) is 1. The highest BCUT2D eigenvalue weighted by Gasteiger charge is 2.42. The van der Waals surface area contributed by atoms with Crippen LogP contribution < -0.4 is 0 Å². The summed E-state index contributed by atoms with van der Waals surface area (Å²) in [6, 6.07) is 0. The summed E-state index contributed by atoms with van der Waals surface area (Å²) in [4.78, 5) is 15.5. The van der Waals surface area contributed by atoms with Gasteiger partial charge in [0.25, 0.3) is 6.43 Å². The number of rotatable bonds is 8. The molecular weight excluding hydrogens is 286 g/mol. The molecule has 1 saturated carbocycles. The normalized spacial score (nSPS) is 17.5. The molecule has 1 heterocycles. The fourth-order valence-electron chi connectivity index (χ4n) is 2.61. The van der Waals surface area contributed by atoms with Gasteiger partial charge >= 0.3 is 5.97 Å². The number of aromatic nitrogens is 2. The summed E-state index contributed by atoms with van der Waals surface area (Å²) in [7, 11) is 0. The molecule has 0 saturated heterocycles. The summed E-state index contributed by atoms with van der Waals surface area (Å²) < 4.78 is 33.5. The lowest BCUT2D eigenvalue weighted by Crippen LogP contribution is -2.30. The molecule has 1 aromatic heterocycles. The SMILES string of the molecule is O=C(O)C1(Cc2nc(CCOCC(F)F)no2)CCCC1. The second-order valence-corrected chi connectivity index (χ2v) is 5.29. The molecular formula is C13H18F2N2O4. The van der Waals surface area contributed by atoms with E-state index in [9.17, 15) is 18.7 Å². The number of aliphatic carboxylic acids is 1. The van der Waals surface area contributed by atoms with Crippen molar-refractivity contribution in [2.45, 2.75) is 45.0 Å². The molecule has 21 heavy (non-hydrogen) atoms. The molecule has 0 amide bonds. The van der Waals surface area contributed by atoms with Crippen molar-refractivity contribution in [1.82, 2.24) is 10.1 Å². The van der Waals surface area contributed by atoms with E-state index in [0.29, 0.717) is 18.7 Å². The second kappa shape index (κ2) is 6.93. The minimum Gasteiger partial charge on any atom is -0.481 e. The molecule has 1 aliphatic rings. The van der Waals surface area contributed by atoms with Gasteiger partial charge in [-0.25, -0.2) is 8.78 Å². The Morgan fingerprint density at radius 2 is 2.14 bits per heavy atom. The zero-order valence-corrected chi connectivity index (χ0v) is 11.6. The van der Waals surface area contributed by atoms with Crippen LogP contribution in [-0.4, -0.2) is 40.9 Å². The molecule has 118 valence electrons. The molecule has 6 nitrogen and oxygen atoms in total. The number of carboxylic acids is 1. The standard InChI is InChI=1S/C13H18F2N2O4/c14-9(15)8-20-6-3-10-16-11(21-17-10)7-13(12(18)19)4-1-2-5-13/h9H,1-8H2,(H,18,19). The van der Waals surface area contributed by atoms with Gasteiger partial charge in [0, 0.05) is 12.8 Å². The zero-order chi connectivity index (χ0) is 15.3. The van der Waals surface area contributed by atoms with Crippen LogP contribution in [0.25, 0.3) is 0 Å². The van der Waals surface area contributed by atoms with Crippen LogP contribution in [-0.2, 0) is 22.4 Å². The van der Waals surface area contributed by atoms with Gasteiger partial charge in [-0.15, -0.1) is 0 Å². The van der Waals surface area contributed by atoms with E-state index in [1.54, 1.807) is 0 Å². The van der Waals surface area contributed by atoms with Gasteiger partial charge in [-0.05, 0) is 12.8 Å². The predicted molar refractivity (Wildman–Crippen MR) is 67.1 cm³/mol. The van der Waals surface area contributed by atoms with Gasteiger partial charge in [0.1, 0.15) is 6.61 Å². The Morgan fingerprint density at radius 1 is 1.43 bits per heavy atom. The summed E-state index contributed by atoms with van der Waals surface area (Å²) >= 11 is 0. The van der Waals surface area contributed by atoms with Gasteiger partial charge in [-0.1, -0.05) is 18.0 Å². The summed E-state index contributed by atoms with van der Waals surface area (Å²) in [5, 5.41) is 13.1. The first-order valence-electron chi connectivity index (χ1n) is 6.93. The minimum absolute atomic E-state index is 0.0768. The third kappa shape index (κ3) is 4.20. The Bertz CT molecular complexity index is 472. The van der Waals surface area contributed by atoms with Crippen LogP contribution in [0.2, 0.25) is 0 Å². The highest BCUT2D eigenvalue weighted by atomic mass is 19.3. The Balaban J connectivity index is 1.86. The molecule has 1 N–H and O–H groups in total. The lowest BCUT2D eigenvalue weighted by atomic mass is 9.83. The first kappa shape index (κ1) is 15.8. The van der Waals surface area contributed by atoms with E-state index in [1.165, 1.54) is 0 Å². The van der Waals surface area contributed by atoms with E-state index in [1.807, 2.05) is 0 Å². The maximum atomic E-state index is 11.9. The van der Waals surface area contributed by atoms with Crippen molar-refractivity contribution in [2.75, 3.05) is 13.2 Å². The van der Waals surface area contributed by atoms with E-state index in [4.69, 9.17) is 9.26 Å². The van der Waals surface area contributed by atoms with Crippen LogP contribution in [0.4, 0.5) is 8.78 Å². The summed E-state index contributed by atoms with van der Waals surface area (Å²) in [6.07, 6.45) is 0.964. The zero-order valence-electron chi connectivity index (χ0n) is 11.6. The molecule has 0 spiro atoms. The van der Waals surface area contributed by atoms with Gasteiger partial charge in [0.15, 0.2) is 5.82 Å². The predicted octanol–water partition coefficient (Wildman–Crippen LogP) is 2.08. The van der Waals surface area contributed by atoms with E-state index in [0.717, 1.165) is 12.8 Å². The van der Waals surface area contributed by atoms with Crippen LogP contribution in [0, 0.1) is 5.41 Å². The van der Waals surface area contributed by atoms with Crippen molar-refractivity contribution in [3.8, 4) is 0 Å².